The summed E-state index contributed by atoms with van der Waals surface area (Å²) in [6, 6.07) is 10.5. The molecule has 1 aromatic carbocycles. The van der Waals surface area contributed by atoms with E-state index in [4.69, 9.17) is 5.73 Å². The van der Waals surface area contributed by atoms with Crippen LogP contribution in [0.1, 0.15) is 34.2 Å². The molecule has 0 aliphatic rings. The van der Waals surface area contributed by atoms with Gasteiger partial charge >= 0.3 is 0 Å². The normalized spacial score (nSPS) is 11.1. The lowest BCUT2D eigenvalue weighted by molar-refractivity contribution is 0.0687. The Morgan fingerprint density at radius 1 is 1.31 bits per heavy atom. The molecule has 0 spiro atoms. The van der Waals surface area contributed by atoms with Gasteiger partial charge in [0.15, 0.2) is 0 Å². The topological polar surface area (TPSA) is 59.2 Å². The third-order valence-electron chi connectivity index (χ3n) is 3.93. The number of amides is 1. The smallest absolute Gasteiger partial charge is 0.273 e. The van der Waals surface area contributed by atoms with Crippen molar-refractivity contribution in [1.82, 2.24) is 9.88 Å². The Morgan fingerprint density at radius 3 is 2.77 bits per heavy atom. The van der Waals surface area contributed by atoms with E-state index >= 15 is 0 Å². The highest BCUT2D eigenvalue weighted by Gasteiger charge is 2.22. The van der Waals surface area contributed by atoms with Gasteiger partial charge in [-0.05, 0) is 43.7 Å². The predicted octanol–water partition coefficient (Wildman–Crippen LogP) is 4.52. The van der Waals surface area contributed by atoms with Crippen LogP contribution in [0.25, 0.3) is 10.4 Å². The Labute approximate surface area is 160 Å². The Morgan fingerprint density at radius 2 is 2.12 bits per heavy atom. The molecule has 0 atom stereocenters. The molecule has 2 heterocycles. The van der Waals surface area contributed by atoms with Gasteiger partial charge in [0.05, 0.1) is 6.54 Å². The highest BCUT2D eigenvalue weighted by Crippen LogP contribution is 2.30. The van der Waals surface area contributed by atoms with Gasteiger partial charge in [0, 0.05) is 27.7 Å². The van der Waals surface area contributed by atoms with Crippen LogP contribution >= 0.6 is 22.7 Å². The standard InChI is InChI=1S/C19H20FN3OS2/c1-12(2)23(19(24)16-11-25-18(9-21)22-16)10-15-6-7-17(26-15)13-4-3-5-14(20)8-13/h3-8,11-12H,9-10,21H2,1-2H3. The summed E-state index contributed by atoms with van der Waals surface area (Å²) in [6.07, 6.45) is 0. The maximum Gasteiger partial charge on any atom is 0.273 e. The fourth-order valence-corrected chi connectivity index (χ4v) is 4.22. The second-order valence-corrected chi connectivity index (χ2v) is 8.24. The number of rotatable bonds is 6. The lowest BCUT2D eigenvalue weighted by atomic mass is 10.2. The minimum absolute atomic E-state index is 0.0326. The summed E-state index contributed by atoms with van der Waals surface area (Å²) in [6.45, 7) is 4.79. The fourth-order valence-electron chi connectivity index (χ4n) is 2.57. The number of hydrogen-bond donors (Lipinski definition) is 1. The van der Waals surface area contributed by atoms with Crippen LogP contribution in [-0.2, 0) is 13.1 Å². The Bertz CT molecular complexity index is 904. The molecule has 0 aliphatic heterocycles. The summed E-state index contributed by atoms with van der Waals surface area (Å²) in [7, 11) is 0. The van der Waals surface area contributed by atoms with E-state index in [1.165, 1.54) is 23.5 Å². The number of hydrogen-bond acceptors (Lipinski definition) is 5. The van der Waals surface area contributed by atoms with E-state index in [0.717, 1.165) is 20.3 Å². The molecule has 7 heteroatoms. The Kier molecular flexibility index (Phi) is 5.80. The first-order valence-electron chi connectivity index (χ1n) is 8.28. The summed E-state index contributed by atoms with van der Waals surface area (Å²) in [5, 5.41) is 2.51. The number of aromatic nitrogens is 1. The predicted molar refractivity (Wildman–Crippen MR) is 105 cm³/mol. The van der Waals surface area contributed by atoms with E-state index in [2.05, 4.69) is 4.98 Å². The maximum absolute atomic E-state index is 13.4. The molecule has 2 N–H and O–H groups in total. The van der Waals surface area contributed by atoms with Crippen molar-refractivity contribution in [2.75, 3.05) is 0 Å². The average Bonchev–Trinajstić information content (AvgIpc) is 3.28. The fraction of sp³-hybridized carbons (Fsp3) is 0.263. The number of thiazole rings is 1. The molecule has 4 nitrogen and oxygen atoms in total. The van der Waals surface area contributed by atoms with Gasteiger partial charge in [0.1, 0.15) is 16.5 Å². The van der Waals surface area contributed by atoms with E-state index < -0.39 is 0 Å². The molecule has 1 amide bonds. The molecule has 3 aromatic rings. The van der Waals surface area contributed by atoms with Crippen LogP contribution < -0.4 is 5.73 Å². The number of halogens is 1. The largest absolute Gasteiger partial charge is 0.330 e. The van der Waals surface area contributed by atoms with Crippen molar-refractivity contribution in [2.24, 2.45) is 5.73 Å². The van der Waals surface area contributed by atoms with Gasteiger partial charge in [0.25, 0.3) is 5.91 Å². The van der Waals surface area contributed by atoms with Crippen molar-refractivity contribution in [3.05, 3.63) is 63.2 Å². The molecule has 0 radical (unpaired) electrons. The monoisotopic (exact) mass is 389 g/mol. The van der Waals surface area contributed by atoms with Crippen molar-refractivity contribution in [1.29, 1.82) is 0 Å². The Balaban J connectivity index is 1.79. The molecule has 0 unspecified atom stereocenters. The number of benzene rings is 1. The van der Waals surface area contributed by atoms with Crippen molar-refractivity contribution in [3.8, 4) is 10.4 Å². The van der Waals surface area contributed by atoms with Gasteiger partial charge in [0.2, 0.25) is 0 Å². The molecule has 136 valence electrons. The van der Waals surface area contributed by atoms with Gasteiger partial charge in [-0.25, -0.2) is 9.37 Å². The zero-order chi connectivity index (χ0) is 18.7. The molecule has 2 aromatic heterocycles. The van der Waals surface area contributed by atoms with E-state index in [0.29, 0.717) is 18.8 Å². The second-order valence-electron chi connectivity index (χ2n) is 6.13. The van der Waals surface area contributed by atoms with Gasteiger partial charge in [-0.15, -0.1) is 22.7 Å². The van der Waals surface area contributed by atoms with Crippen LogP contribution in [0.5, 0.6) is 0 Å². The average molecular weight is 390 g/mol. The number of carbonyl (C=O) groups excluding carboxylic acids is 1. The van der Waals surface area contributed by atoms with Gasteiger partial charge < -0.3 is 10.6 Å². The quantitative estimate of drug-likeness (QED) is 0.674. The summed E-state index contributed by atoms with van der Waals surface area (Å²) in [5.41, 5.74) is 6.87. The van der Waals surface area contributed by atoms with Crippen LogP contribution in [0, 0.1) is 5.82 Å². The molecule has 0 saturated carbocycles. The van der Waals surface area contributed by atoms with Crippen molar-refractivity contribution in [3.63, 3.8) is 0 Å². The summed E-state index contributed by atoms with van der Waals surface area (Å²) >= 11 is 2.96. The maximum atomic E-state index is 13.4. The molecule has 0 saturated heterocycles. The first kappa shape index (κ1) is 18.7. The van der Waals surface area contributed by atoms with Gasteiger partial charge in [-0.3, -0.25) is 4.79 Å². The molecule has 0 bridgehead atoms. The Hall–Kier alpha value is -2.09. The highest BCUT2D eigenvalue weighted by molar-refractivity contribution is 7.15. The molecular formula is C19H20FN3OS2. The van der Waals surface area contributed by atoms with Crippen molar-refractivity contribution in [2.45, 2.75) is 33.0 Å². The van der Waals surface area contributed by atoms with E-state index in [9.17, 15) is 9.18 Å². The summed E-state index contributed by atoms with van der Waals surface area (Å²) in [5.74, 6) is -0.354. The number of nitrogens with two attached hydrogens (primary N) is 1. The first-order chi connectivity index (χ1) is 12.5. The van der Waals surface area contributed by atoms with Crippen molar-refractivity contribution >= 4 is 28.6 Å². The summed E-state index contributed by atoms with van der Waals surface area (Å²) < 4.78 is 13.4. The summed E-state index contributed by atoms with van der Waals surface area (Å²) in [4.78, 5) is 20.9. The number of nitrogens with zero attached hydrogens (tertiary/aromatic N) is 2. The first-order valence-corrected chi connectivity index (χ1v) is 9.97. The lowest BCUT2D eigenvalue weighted by Gasteiger charge is -2.25. The highest BCUT2D eigenvalue weighted by atomic mass is 32.1. The second kappa shape index (κ2) is 8.07. The van der Waals surface area contributed by atoms with Crippen LogP contribution in [0.2, 0.25) is 0 Å². The van der Waals surface area contributed by atoms with Crippen LogP contribution in [-0.4, -0.2) is 21.8 Å². The zero-order valence-electron chi connectivity index (χ0n) is 14.6. The van der Waals surface area contributed by atoms with Crippen LogP contribution in [0.4, 0.5) is 4.39 Å². The molecular weight excluding hydrogens is 369 g/mol. The number of carbonyl (C=O) groups is 1. The van der Waals surface area contributed by atoms with Crippen LogP contribution in [0.3, 0.4) is 0 Å². The third-order valence-corrected chi connectivity index (χ3v) is 5.92. The van der Waals surface area contributed by atoms with Gasteiger partial charge in [-0.2, -0.15) is 0 Å². The van der Waals surface area contributed by atoms with Gasteiger partial charge in [-0.1, -0.05) is 12.1 Å². The zero-order valence-corrected chi connectivity index (χ0v) is 16.2. The SMILES string of the molecule is CC(C)N(Cc1ccc(-c2cccc(F)c2)s1)C(=O)c1csc(CN)n1. The van der Waals surface area contributed by atoms with Crippen LogP contribution in [0.15, 0.2) is 41.8 Å². The minimum atomic E-state index is -0.254. The lowest BCUT2D eigenvalue weighted by Crippen LogP contribution is -2.36. The molecule has 3 rings (SSSR count). The van der Waals surface area contributed by atoms with Crippen molar-refractivity contribution < 1.29 is 9.18 Å². The number of thiophene rings is 1. The third kappa shape index (κ3) is 4.17. The molecule has 0 aliphatic carbocycles. The molecule has 0 fully saturated rings. The minimum Gasteiger partial charge on any atom is -0.330 e. The van der Waals surface area contributed by atoms with E-state index in [1.807, 2.05) is 32.0 Å². The van der Waals surface area contributed by atoms with E-state index in [-0.39, 0.29) is 17.8 Å². The molecule has 26 heavy (non-hydrogen) atoms. The van der Waals surface area contributed by atoms with E-state index in [1.54, 1.807) is 27.7 Å².